The van der Waals surface area contributed by atoms with Crippen molar-refractivity contribution in [2.24, 2.45) is 10.8 Å². The maximum absolute atomic E-state index is 5.45. The smallest absolute Gasteiger partial charge is 0.153 e. The Morgan fingerprint density at radius 1 is 1.67 bits per heavy atom. The highest BCUT2D eigenvalue weighted by Gasteiger charge is 2.08. The summed E-state index contributed by atoms with van der Waals surface area (Å²) in [6.45, 7) is 3.35. The van der Waals surface area contributed by atoms with Crippen molar-refractivity contribution in [1.82, 2.24) is 5.43 Å². The Kier molecular flexibility index (Phi) is 5.31. The maximum atomic E-state index is 5.45. The van der Waals surface area contributed by atoms with E-state index in [2.05, 4.69) is 28.8 Å². The molecule has 0 radical (unpaired) electrons. The lowest BCUT2D eigenvalue weighted by Crippen LogP contribution is -2.31. The number of nitrogens with two attached hydrogens (primary N) is 1. The number of hydrazine groups is 1. The van der Waals surface area contributed by atoms with Crippen molar-refractivity contribution in [3.8, 4) is 0 Å². The second kappa shape index (κ2) is 6.55. The Morgan fingerprint density at radius 2 is 2.47 bits per heavy atom. The molecule has 0 bridgehead atoms. The van der Waals surface area contributed by atoms with E-state index in [1.165, 1.54) is 5.56 Å². The minimum atomic E-state index is 0.609. The molecule has 1 aromatic rings. The minimum absolute atomic E-state index is 0.609. The van der Waals surface area contributed by atoms with Gasteiger partial charge in [0.15, 0.2) is 5.84 Å². The third-order valence-corrected chi connectivity index (χ3v) is 3.01. The number of nitrogens with one attached hydrogen (secondary N) is 1. The average molecular weight is 227 g/mol. The summed E-state index contributed by atoms with van der Waals surface area (Å²) < 4.78 is 4.94. The number of hydrogen-bond donors (Lipinski definition) is 2. The number of nitrogens with zero attached hydrogens (tertiary/aromatic N) is 1. The number of rotatable bonds is 5. The van der Waals surface area contributed by atoms with Crippen LogP contribution in [0.5, 0.6) is 0 Å². The first-order valence-electron chi connectivity index (χ1n) is 4.90. The highest BCUT2D eigenvalue weighted by molar-refractivity contribution is 7.12. The zero-order chi connectivity index (χ0) is 11.1. The van der Waals surface area contributed by atoms with Gasteiger partial charge in [0.2, 0.25) is 0 Å². The van der Waals surface area contributed by atoms with Crippen molar-refractivity contribution >= 4 is 17.2 Å². The molecule has 84 valence electrons. The topological polar surface area (TPSA) is 59.6 Å². The van der Waals surface area contributed by atoms with Gasteiger partial charge in [0, 0.05) is 7.11 Å². The third kappa shape index (κ3) is 3.30. The van der Waals surface area contributed by atoms with E-state index in [9.17, 15) is 0 Å². The molecule has 0 amide bonds. The fraction of sp³-hybridized carbons (Fsp3) is 0.500. The van der Waals surface area contributed by atoms with Crippen molar-refractivity contribution < 1.29 is 4.74 Å². The molecule has 4 nitrogen and oxygen atoms in total. The van der Waals surface area contributed by atoms with Crippen LogP contribution in [0.25, 0.3) is 0 Å². The fourth-order valence-corrected chi connectivity index (χ4v) is 2.22. The molecule has 0 saturated carbocycles. The van der Waals surface area contributed by atoms with Crippen LogP contribution in [0, 0.1) is 0 Å². The summed E-state index contributed by atoms with van der Waals surface area (Å²) in [7, 11) is 1.66. The van der Waals surface area contributed by atoms with Crippen molar-refractivity contribution in [2.45, 2.75) is 13.3 Å². The van der Waals surface area contributed by atoms with Crippen LogP contribution in [0.2, 0.25) is 0 Å². The highest BCUT2D eigenvalue weighted by Crippen LogP contribution is 2.17. The molecule has 0 spiro atoms. The quantitative estimate of drug-likeness (QED) is 0.261. The van der Waals surface area contributed by atoms with Gasteiger partial charge in [0.25, 0.3) is 0 Å². The molecule has 0 aromatic carbocycles. The number of aryl methyl sites for hydroxylation is 1. The molecule has 15 heavy (non-hydrogen) atoms. The van der Waals surface area contributed by atoms with Gasteiger partial charge in [-0.2, -0.15) is 0 Å². The molecule has 0 aliphatic heterocycles. The van der Waals surface area contributed by atoms with Gasteiger partial charge < -0.3 is 10.2 Å². The molecule has 1 aromatic heterocycles. The Labute approximate surface area is 94.1 Å². The van der Waals surface area contributed by atoms with Crippen molar-refractivity contribution in [2.75, 3.05) is 20.3 Å². The van der Waals surface area contributed by atoms with Gasteiger partial charge in [0.05, 0.1) is 18.0 Å². The summed E-state index contributed by atoms with van der Waals surface area (Å²) in [5, 5.41) is 2.05. The monoisotopic (exact) mass is 227 g/mol. The Morgan fingerprint density at radius 3 is 3.07 bits per heavy atom. The number of thiophene rings is 1. The first-order chi connectivity index (χ1) is 7.33. The molecule has 0 aliphatic carbocycles. The molecule has 0 aliphatic rings. The van der Waals surface area contributed by atoms with E-state index in [0.29, 0.717) is 13.2 Å². The number of amidine groups is 1. The lowest BCUT2D eigenvalue weighted by Gasteiger charge is -2.05. The second-order valence-corrected chi connectivity index (χ2v) is 3.91. The van der Waals surface area contributed by atoms with Crippen molar-refractivity contribution in [3.05, 3.63) is 21.9 Å². The highest BCUT2D eigenvalue weighted by atomic mass is 32.1. The van der Waals surface area contributed by atoms with E-state index in [4.69, 9.17) is 10.6 Å². The van der Waals surface area contributed by atoms with Crippen molar-refractivity contribution in [1.29, 1.82) is 0 Å². The van der Waals surface area contributed by atoms with E-state index in [0.717, 1.165) is 17.1 Å². The molecular formula is C10H17N3OS. The first-order valence-corrected chi connectivity index (χ1v) is 5.78. The fourth-order valence-electron chi connectivity index (χ4n) is 1.25. The van der Waals surface area contributed by atoms with E-state index in [1.807, 2.05) is 0 Å². The maximum Gasteiger partial charge on any atom is 0.153 e. The van der Waals surface area contributed by atoms with Crippen LogP contribution in [0.15, 0.2) is 16.4 Å². The van der Waals surface area contributed by atoms with Gasteiger partial charge in [-0.1, -0.05) is 6.92 Å². The van der Waals surface area contributed by atoms with Gasteiger partial charge in [-0.05, 0) is 23.4 Å². The largest absolute Gasteiger partial charge is 0.383 e. The minimum Gasteiger partial charge on any atom is -0.383 e. The van der Waals surface area contributed by atoms with Crippen molar-refractivity contribution in [3.63, 3.8) is 0 Å². The third-order valence-electron chi connectivity index (χ3n) is 2.04. The second-order valence-electron chi connectivity index (χ2n) is 3.00. The number of ether oxygens (including phenoxy) is 1. The lowest BCUT2D eigenvalue weighted by molar-refractivity contribution is 0.208. The SMILES string of the molecule is CCc1ccsc1C(=NCCOC)NN. The Bertz CT molecular complexity index is 322. The van der Waals surface area contributed by atoms with E-state index in [1.54, 1.807) is 18.4 Å². The van der Waals surface area contributed by atoms with E-state index < -0.39 is 0 Å². The molecule has 0 saturated heterocycles. The van der Waals surface area contributed by atoms with Crippen LogP contribution >= 0.6 is 11.3 Å². The summed E-state index contributed by atoms with van der Waals surface area (Å²) in [6, 6.07) is 2.10. The molecular weight excluding hydrogens is 210 g/mol. The molecule has 1 rings (SSSR count). The van der Waals surface area contributed by atoms with Gasteiger partial charge in [-0.15, -0.1) is 11.3 Å². The zero-order valence-electron chi connectivity index (χ0n) is 9.12. The van der Waals surface area contributed by atoms with Gasteiger partial charge in [-0.3, -0.25) is 4.99 Å². The average Bonchev–Trinajstić information content (AvgIpc) is 2.72. The predicted octanol–water partition coefficient (Wildman–Crippen LogP) is 1.17. The van der Waals surface area contributed by atoms with Gasteiger partial charge in [0.1, 0.15) is 0 Å². The summed E-state index contributed by atoms with van der Waals surface area (Å²) in [4.78, 5) is 5.47. The standard InChI is InChI=1S/C10H17N3OS/c1-3-8-4-7-15-9(8)10(13-11)12-5-6-14-2/h4,7H,3,5-6,11H2,1-2H3,(H,12,13). The summed E-state index contributed by atoms with van der Waals surface area (Å²) in [5.74, 6) is 6.20. The predicted molar refractivity (Wildman–Crippen MR) is 64.3 cm³/mol. The summed E-state index contributed by atoms with van der Waals surface area (Å²) in [5.41, 5.74) is 3.92. The normalized spacial score (nSPS) is 11.8. The molecule has 3 N–H and O–H groups in total. The summed E-state index contributed by atoms with van der Waals surface area (Å²) in [6.07, 6.45) is 0.990. The van der Waals surface area contributed by atoms with Crippen LogP contribution in [0.4, 0.5) is 0 Å². The van der Waals surface area contributed by atoms with E-state index >= 15 is 0 Å². The van der Waals surface area contributed by atoms with E-state index in [-0.39, 0.29) is 0 Å². The number of methoxy groups -OCH3 is 1. The number of aliphatic imine (C=N–C) groups is 1. The molecule has 0 fully saturated rings. The van der Waals surface area contributed by atoms with Gasteiger partial charge in [-0.25, -0.2) is 5.84 Å². The Balaban J connectivity index is 2.77. The molecule has 1 heterocycles. The zero-order valence-corrected chi connectivity index (χ0v) is 9.93. The van der Waals surface area contributed by atoms with Crippen LogP contribution in [0.1, 0.15) is 17.4 Å². The van der Waals surface area contributed by atoms with Gasteiger partial charge >= 0.3 is 0 Å². The number of hydrogen-bond acceptors (Lipinski definition) is 4. The Hall–Kier alpha value is -0.910. The van der Waals surface area contributed by atoms with Crippen LogP contribution in [-0.4, -0.2) is 26.1 Å². The first kappa shape index (κ1) is 12.2. The van der Waals surface area contributed by atoms with Crippen LogP contribution in [0.3, 0.4) is 0 Å². The molecule has 5 heteroatoms. The summed E-state index contributed by atoms with van der Waals surface area (Å²) >= 11 is 1.65. The lowest BCUT2D eigenvalue weighted by atomic mass is 10.2. The molecule has 0 unspecified atom stereocenters. The van der Waals surface area contributed by atoms with Crippen LogP contribution < -0.4 is 11.3 Å². The van der Waals surface area contributed by atoms with Crippen LogP contribution in [-0.2, 0) is 11.2 Å². The molecule has 0 atom stereocenters.